The summed E-state index contributed by atoms with van der Waals surface area (Å²) < 4.78 is 42.0. The van der Waals surface area contributed by atoms with Crippen molar-refractivity contribution in [3.05, 3.63) is 35.7 Å². The highest BCUT2D eigenvalue weighted by Gasteiger charge is 2.39. The van der Waals surface area contributed by atoms with Crippen LogP contribution in [0.5, 0.6) is 0 Å². The fraction of sp³-hybridized carbons (Fsp3) is 0.474. The zero-order valence-corrected chi connectivity index (χ0v) is 16.5. The Balaban J connectivity index is 1.69. The molecule has 1 atom stereocenters. The van der Waals surface area contributed by atoms with E-state index in [4.69, 9.17) is 4.84 Å². The molecule has 2 heterocycles. The second-order valence-corrected chi connectivity index (χ2v) is 6.77. The first kappa shape index (κ1) is 21.8. The van der Waals surface area contributed by atoms with Crippen LogP contribution in [0, 0.1) is 0 Å². The predicted molar refractivity (Wildman–Crippen MR) is 97.3 cm³/mol. The molecule has 0 radical (unpaired) electrons. The van der Waals surface area contributed by atoms with Gasteiger partial charge >= 0.3 is 12.1 Å². The van der Waals surface area contributed by atoms with Crippen LogP contribution in [0.3, 0.4) is 0 Å². The molecule has 2 aromatic rings. The molecule has 1 unspecified atom stereocenters. The van der Waals surface area contributed by atoms with E-state index in [0.29, 0.717) is 30.5 Å². The number of amides is 2. The van der Waals surface area contributed by atoms with Gasteiger partial charge < -0.3 is 9.42 Å². The van der Waals surface area contributed by atoms with Crippen LogP contribution >= 0.6 is 0 Å². The molecule has 0 N–H and O–H groups in total. The quantitative estimate of drug-likeness (QED) is 0.660. The van der Waals surface area contributed by atoms with Gasteiger partial charge in [-0.05, 0) is 18.4 Å². The number of nitrogens with zero attached hydrogens (tertiary/aromatic N) is 4. The molecule has 1 aromatic carbocycles. The lowest BCUT2D eigenvalue weighted by atomic mass is 10.1. The van der Waals surface area contributed by atoms with E-state index in [-0.39, 0.29) is 24.2 Å². The van der Waals surface area contributed by atoms with E-state index in [0.717, 1.165) is 6.42 Å². The van der Waals surface area contributed by atoms with Crippen LogP contribution in [0.1, 0.15) is 37.6 Å². The van der Waals surface area contributed by atoms with Gasteiger partial charge in [0.25, 0.3) is 5.91 Å². The molecule has 1 aliphatic rings. The maximum absolute atomic E-state index is 12.9. The van der Waals surface area contributed by atoms with E-state index in [1.807, 2.05) is 0 Å². The number of aromatic nitrogens is 2. The Kier molecular flexibility index (Phi) is 6.40. The van der Waals surface area contributed by atoms with E-state index in [1.165, 1.54) is 24.3 Å². The van der Waals surface area contributed by atoms with Gasteiger partial charge in [-0.3, -0.25) is 14.4 Å². The van der Waals surface area contributed by atoms with Gasteiger partial charge in [0.15, 0.2) is 0 Å². The first-order valence-corrected chi connectivity index (χ1v) is 9.39. The van der Waals surface area contributed by atoms with Gasteiger partial charge in [-0.15, -0.1) is 0 Å². The van der Waals surface area contributed by atoms with Crippen LogP contribution in [-0.2, 0) is 27.1 Å². The summed E-state index contributed by atoms with van der Waals surface area (Å²) in [4.78, 5) is 35.1. The minimum Gasteiger partial charge on any atom is -0.331 e. The van der Waals surface area contributed by atoms with Crippen LogP contribution in [0.2, 0.25) is 0 Å². The second-order valence-electron chi connectivity index (χ2n) is 6.77. The number of likely N-dealkylation sites (tertiary alicyclic amines) is 1. The van der Waals surface area contributed by atoms with Crippen molar-refractivity contribution in [1.82, 2.24) is 20.1 Å². The Labute approximate surface area is 170 Å². The lowest BCUT2D eigenvalue weighted by molar-refractivity contribution is -0.185. The molecule has 1 aromatic heterocycles. The first-order valence-electron chi connectivity index (χ1n) is 9.39. The van der Waals surface area contributed by atoms with Crippen LogP contribution in [-0.4, -0.2) is 51.6 Å². The topological polar surface area (TPSA) is 88.8 Å². The Bertz CT molecular complexity index is 898. The molecule has 1 saturated heterocycles. The highest BCUT2D eigenvalue weighted by atomic mass is 19.4. The fourth-order valence-electron chi connectivity index (χ4n) is 3.30. The first-order chi connectivity index (χ1) is 14.2. The maximum Gasteiger partial charge on any atom is 0.471 e. The number of hydroxylamine groups is 2. The van der Waals surface area contributed by atoms with Gasteiger partial charge in [0.05, 0.1) is 13.7 Å². The number of carbonyl (C=O) groups excluding carboxylic acids is 2. The number of carbonyl (C=O) groups is 2. The zero-order valence-electron chi connectivity index (χ0n) is 16.5. The average Bonchev–Trinajstić information content (AvgIpc) is 3.41. The highest BCUT2D eigenvalue weighted by molar-refractivity contribution is 5.87. The smallest absolute Gasteiger partial charge is 0.331 e. The van der Waals surface area contributed by atoms with Crippen LogP contribution in [0.15, 0.2) is 28.8 Å². The number of benzene rings is 1. The number of hydrogen-bond acceptors (Lipinski definition) is 6. The Hall–Kier alpha value is -2.95. The molecule has 162 valence electrons. The molecule has 30 heavy (non-hydrogen) atoms. The third kappa shape index (κ3) is 4.61. The Morgan fingerprint density at radius 2 is 2.00 bits per heavy atom. The summed E-state index contributed by atoms with van der Waals surface area (Å²) in [6.07, 6.45) is -3.07. The summed E-state index contributed by atoms with van der Waals surface area (Å²) in [5, 5.41) is 4.52. The molecule has 11 heteroatoms. The van der Waals surface area contributed by atoms with E-state index in [2.05, 4.69) is 14.7 Å². The number of hydrogen-bond donors (Lipinski definition) is 0. The van der Waals surface area contributed by atoms with Crippen LogP contribution < -0.4 is 0 Å². The van der Waals surface area contributed by atoms with Crippen molar-refractivity contribution in [2.24, 2.45) is 0 Å². The van der Waals surface area contributed by atoms with Crippen molar-refractivity contribution in [1.29, 1.82) is 0 Å². The van der Waals surface area contributed by atoms with Crippen molar-refractivity contribution >= 4 is 11.8 Å². The second kappa shape index (κ2) is 8.82. The molecule has 1 aliphatic heterocycles. The summed E-state index contributed by atoms with van der Waals surface area (Å²) in [6, 6.07) is 5.75. The van der Waals surface area contributed by atoms with E-state index < -0.39 is 18.1 Å². The molecular weight excluding hydrogens is 405 g/mol. The molecule has 0 bridgehead atoms. The Morgan fingerprint density at radius 3 is 2.57 bits per heavy atom. The largest absolute Gasteiger partial charge is 0.471 e. The lowest BCUT2D eigenvalue weighted by Crippen LogP contribution is -2.47. The summed E-state index contributed by atoms with van der Waals surface area (Å²) >= 11 is 0. The molecular formula is C19H21F3N4O4. The number of halogens is 3. The molecule has 0 spiro atoms. The summed E-state index contributed by atoms with van der Waals surface area (Å²) in [5.41, 5.74) is 1.02. The van der Waals surface area contributed by atoms with Crippen molar-refractivity contribution in [3.63, 3.8) is 0 Å². The Morgan fingerprint density at radius 1 is 1.30 bits per heavy atom. The number of alkyl halides is 3. The third-order valence-corrected chi connectivity index (χ3v) is 4.83. The van der Waals surface area contributed by atoms with Gasteiger partial charge in [0.2, 0.25) is 11.7 Å². The normalized spacial score (nSPS) is 16.7. The van der Waals surface area contributed by atoms with Gasteiger partial charge in [0.1, 0.15) is 6.04 Å². The van der Waals surface area contributed by atoms with Crippen molar-refractivity contribution in [3.8, 4) is 11.4 Å². The fourth-order valence-corrected chi connectivity index (χ4v) is 3.30. The molecule has 0 saturated carbocycles. The molecule has 3 rings (SSSR count). The zero-order chi connectivity index (χ0) is 21.9. The van der Waals surface area contributed by atoms with Crippen LogP contribution in [0.25, 0.3) is 11.4 Å². The molecule has 1 fully saturated rings. The number of rotatable bonds is 6. The van der Waals surface area contributed by atoms with Crippen molar-refractivity contribution in [2.45, 2.75) is 44.9 Å². The summed E-state index contributed by atoms with van der Waals surface area (Å²) in [7, 11) is 1.37. The summed E-state index contributed by atoms with van der Waals surface area (Å²) in [6.45, 7) is 2.40. The maximum atomic E-state index is 12.9. The van der Waals surface area contributed by atoms with E-state index >= 15 is 0 Å². The average molecular weight is 426 g/mol. The standard InChI is InChI=1S/C19H21F3N4O4/c1-3-15(27)25-10-4-5-14(25)17(28)26(29-2)11-12-6-8-13(9-7-12)16-23-18(30-24-16)19(20,21)22/h6-9,14H,3-5,10-11H2,1-2H3. The van der Waals surface area contributed by atoms with Gasteiger partial charge in [-0.25, -0.2) is 5.06 Å². The van der Waals surface area contributed by atoms with Crippen molar-refractivity contribution < 1.29 is 32.1 Å². The van der Waals surface area contributed by atoms with E-state index in [1.54, 1.807) is 24.0 Å². The van der Waals surface area contributed by atoms with Crippen LogP contribution in [0.4, 0.5) is 13.2 Å². The highest BCUT2D eigenvalue weighted by Crippen LogP contribution is 2.29. The molecule has 0 aliphatic carbocycles. The third-order valence-electron chi connectivity index (χ3n) is 4.83. The minimum absolute atomic E-state index is 0.0791. The van der Waals surface area contributed by atoms with E-state index in [9.17, 15) is 22.8 Å². The predicted octanol–water partition coefficient (Wildman–Crippen LogP) is 3.05. The minimum atomic E-state index is -4.71. The van der Waals surface area contributed by atoms with Gasteiger partial charge in [0, 0.05) is 18.5 Å². The monoisotopic (exact) mass is 426 g/mol. The van der Waals surface area contributed by atoms with Gasteiger partial charge in [-0.2, -0.15) is 18.2 Å². The molecule has 2 amide bonds. The van der Waals surface area contributed by atoms with Gasteiger partial charge in [-0.1, -0.05) is 36.3 Å². The van der Waals surface area contributed by atoms with Crippen molar-refractivity contribution in [2.75, 3.05) is 13.7 Å². The summed E-state index contributed by atoms with van der Waals surface area (Å²) in [5.74, 6) is -1.99. The molecule has 8 nitrogen and oxygen atoms in total. The lowest BCUT2D eigenvalue weighted by Gasteiger charge is -2.28. The SMILES string of the molecule is CCC(=O)N1CCCC1C(=O)N(Cc1ccc(-c2noc(C(F)(F)F)n2)cc1)OC.